The summed E-state index contributed by atoms with van der Waals surface area (Å²) in [5, 5.41) is 12.8. The Kier molecular flexibility index (Phi) is 4.02. The molecule has 0 aromatic carbocycles. The molecule has 1 heterocycles. The van der Waals surface area contributed by atoms with Crippen molar-refractivity contribution in [1.29, 1.82) is 0 Å². The van der Waals surface area contributed by atoms with Crippen molar-refractivity contribution in [2.45, 2.75) is 39.2 Å². The van der Waals surface area contributed by atoms with E-state index in [2.05, 4.69) is 19.2 Å². The Bertz CT molecular complexity index is 123. The van der Waals surface area contributed by atoms with Gasteiger partial charge >= 0.3 is 0 Å². The second-order valence-corrected chi connectivity index (χ2v) is 3.90. The van der Waals surface area contributed by atoms with Crippen LogP contribution < -0.4 is 5.32 Å². The quantitative estimate of drug-likeness (QED) is 0.670. The maximum atomic E-state index is 9.57. The van der Waals surface area contributed by atoms with Gasteiger partial charge in [0, 0.05) is 13.1 Å². The lowest BCUT2D eigenvalue weighted by molar-refractivity contribution is 0.131. The summed E-state index contributed by atoms with van der Waals surface area (Å²) in [6, 6.07) is 0. The fourth-order valence-corrected chi connectivity index (χ4v) is 2.01. The molecule has 2 N–H and O–H groups in total. The predicted octanol–water partition coefficient (Wildman–Crippen LogP) is 1.39. The van der Waals surface area contributed by atoms with E-state index in [-0.39, 0.29) is 6.10 Å². The molecule has 12 heavy (non-hydrogen) atoms. The molecule has 0 aliphatic carbocycles. The normalized spacial score (nSPS) is 30.0. The van der Waals surface area contributed by atoms with Gasteiger partial charge in [-0.3, -0.25) is 0 Å². The van der Waals surface area contributed by atoms with Gasteiger partial charge in [-0.25, -0.2) is 0 Å². The van der Waals surface area contributed by atoms with E-state index in [1.54, 1.807) is 0 Å². The van der Waals surface area contributed by atoms with E-state index < -0.39 is 0 Å². The number of aliphatic hydroxyl groups is 1. The van der Waals surface area contributed by atoms with Crippen LogP contribution in [0.15, 0.2) is 0 Å². The Hall–Kier alpha value is -0.0800. The van der Waals surface area contributed by atoms with Gasteiger partial charge in [0.05, 0.1) is 6.10 Å². The van der Waals surface area contributed by atoms with E-state index in [4.69, 9.17) is 0 Å². The van der Waals surface area contributed by atoms with Crippen molar-refractivity contribution in [2.75, 3.05) is 13.1 Å². The van der Waals surface area contributed by atoms with Crippen LogP contribution in [0.2, 0.25) is 0 Å². The first-order chi connectivity index (χ1) is 5.77. The molecule has 2 heteroatoms. The van der Waals surface area contributed by atoms with Gasteiger partial charge in [0.2, 0.25) is 0 Å². The van der Waals surface area contributed by atoms with Crippen molar-refractivity contribution in [3.05, 3.63) is 0 Å². The number of hydrogen-bond acceptors (Lipinski definition) is 2. The van der Waals surface area contributed by atoms with Crippen molar-refractivity contribution in [3.63, 3.8) is 0 Å². The zero-order valence-electron chi connectivity index (χ0n) is 8.21. The first kappa shape index (κ1) is 10.0. The van der Waals surface area contributed by atoms with Crippen molar-refractivity contribution >= 4 is 0 Å². The summed E-state index contributed by atoms with van der Waals surface area (Å²) in [5.41, 5.74) is 0. The van der Waals surface area contributed by atoms with Crippen LogP contribution in [-0.4, -0.2) is 24.3 Å². The summed E-state index contributed by atoms with van der Waals surface area (Å²) < 4.78 is 0. The van der Waals surface area contributed by atoms with Gasteiger partial charge in [0.15, 0.2) is 0 Å². The average Bonchev–Trinajstić information content (AvgIpc) is 2.47. The SMILES string of the molecule is CCC(CC)C[C@@H]1CNC[C@H]1O. The molecule has 0 bridgehead atoms. The third-order valence-corrected chi connectivity index (χ3v) is 3.09. The van der Waals surface area contributed by atoms with Crippen LogP contribution in [0.3, 0.4) is 0 Å². The molecule has 0 radical (unpaired) electrons. The molecular formula is C10H21NO. The van der Waals surface area contributed by atoms with E-state index >= 15 is 0 Å². The lowest BCUT2D eigenvalue weighted by Crippen LogP contribution is -2.20. The Morgan fingerprint density at radius 2 is 2.00 bits per heavy atom. The van der Waals surface area contributed by atoms with E-state index in [0.29, 0.717) is 5.92 Å². The van der Waals surface area contributed by atoms with Gasteiger partial charge in [0.1, 0.15) is 0 Å². The van der Waals surface area contributed by atoms with Gasteiger partial charge < -0.3 is 10.4 Å². The molecule has 0 aromatic heterocycles. The fraction of sp³-hybridized carbons (Fsp3) is 1.00. The van der Waals surface area contributed by atoms with E-state index in [9.17, 15) is 5.11 Å². The highest BCUT2D eigenvalue weighted by Gasteiger charge is 2.26. The lowest BCUT2D eigenvalue weighted by Gasteiger charge is -2.19. The molecule has 2 atom stereocenters. The summed E-state index contributed by atoms with van der Waals surface area (Å²) in [4.78, 5) is 0. The van der Waals surface area contributed by atoms with Crippen molar-refractivity contribution < 1.29 is 5.11 Å². The summed E-state index contributed by atoms with van der Waals surface area (Å²) in [7, 11) is 0. The molecule has 0 saturated carbocycles. The highest BCUT2D eigenvalue weighted by atomic mass is 16.3. The van der Waals surface area contributed by atoms with E-state index in [1.807, 2.05) is 0 Å². The zero-order valence-corrected chi connectivity index (χ0v) is 8.21. The molecular weight excluding hydrogens is 150 g/mol. The Labute approximate surface area is 75.4 Å². The molecule has 1 aliphatic rings. The summed E-state index contributed by atoms with van der Waals surface area (Å²) in [6.45, 7) is 6.29. The minimum absolute atomic E-state index is 0.0920. The van der Waals surface area contributed by atoms with Gasteiger partial charge in [-0.1, -0.05) is 26.7 Å². The second-order valence-electron chi connectivity index (χ2n) is 3.90. The van der Waals surface area contributed by atoms with Gasteiger partial charge in [-0.2, -0.15) is 0 Å². The van der Waals surface area contributed by atoms with E-state index in [0.717, 1.165) is 19.0 Å². The maximum absolute atomic E-state index is 9.57. The average molecular weight is 171 g/mol. The standard InChI is InChI=1S/C10H21NO/c1-3-8(4-2)5-9-6-11-7-10(9)12/h8-12H,3-7H2,1-2H3/t9-,10-/m1/s1. The molecule has 0 aromatic rings. The maximum Gasteiger partial charge on any atom is 0.0704 e. The number of β-amino-alcohol motifs (C(OH)–C–C–N with tert-alkyl or cyclic N) is 1. The highest BCUT2D eigenvalue weighted by Crippen LogP contribution is 2.23. The van der Waals surface area contributed by atoms with Gasteiger partial charge in [-0.05, 0) is 18.3 Å². The first-order valence-corrected chi connectivity index (χ1v) is 5.16. The van der Waals surface area contributed by atoms with Gasteiger partial charge in [-0.15, -0.1) is 0 Å². The van der Waals surface area contributed by atoms with Crippen LogP contribution in [-0.2, 0) is 0 Å². The Morgan fingerprint density at radius 3 is 2.42 bits per heavy atom. The molecule has 1 rings (SSSR count). The molecule has 72 valence electrons. The minimum Gasteiger partial charge on any atom is -0.391 e. The Balaban J connectivity index is 2.28. The molecule has 1 saturated heterocycles. The second kappa shape index (κ2) is 4.83. The first-order valence-electron chi connectivity index (χ1n) is 5.16. The molecule has 1 aliphatic heterocycles. The molecule has 1 fully saturated rings. The molecule has 2 nitrogen and oxygen atoms in total. The minimum atomic E-state index is -0.0920. The topological polar surface area (TPSA) is 32.3 Å². The van der Waals surface area contributed by atoms with Crippen LogP contribution in [0.1, 0.15) is 33.1 Å². The van der Waals surface area contributed by atoms with E-state index in [1.165, 1.54) is 19.3 Å². The number of nitrogens with one attached hydrogen (secondary N) is 1. The summed E-state index contributed by atoms with van der Waals surface area (Å²) in [5.74, 6) is 1.32. The molecule has 0 unspecified atom stereocenters. The largest absolute Gasteiger partial charge is 0.391 e. The Morgan fingerprint density at radius 1 is 1.33 bits per heavy atom. The highest BCUT2D eigenvalue weighted by molar-refractivity contribution is 4.81. The van der Waals surface area contributed by atoms with Crippen LogP contribution in [0, 0.1) is 11.8 Å². The smallest absolute Gasteiger partial charge is 0.0704 e. The molecule has 0 amide bonds. The van der Waals surface area contributed by atoms with Crippen LogP contribution in [0.4, 0.5) is 0 Å². The zero-order chi connectivity index (χ0) is 8.97. The van der Waals surface area contributed by atoms with Crippen molar-refractivity contribution in [3.8, 4) is 0 Å². The monoisotopic (exact) mass is 171 g/mol. The summed E-state index contributed by atoms with van der Waals surface area (Å²) >= 11 is 0. The fourth-order valence-electron chi connectivity index (χ4n) is 2.01. The van der Waals surface area contributed by atoms with Gasteiger partial charge in [0.25, 0.3) is 0 Å². The van der Waals surface area contributed by atoms with Crippen LogP contribution in [0.5, 0.6) is 0 Å². The third-order valence-electron chi connectivity index (χ3n) is 3.09. The number of rotatable bonds is 4. The molecule has 0 spiro atoms. The lowest BCUT2D eigenvalue weighted by atomic mass is 9.89. The summed E-state index contributed by atoms with van der Waals surface area (Å²) in [6.07, 6.45) is 3.60. The number of hydrogen-bond donors (Lipinski definition) is 2. The number of aliphatic hydroxyl groups excluding tert-OH is 1. The third kappa shape index (κ3) is 2.46. The van der Waals surface area contributed by atoms with Crippen molar-refractivity contribution in [2.24, 2.45) is 11.8 Å². The predicted molar refractivity (Wildman–Crippen MR) is 51.1 cm³/mol. The van der Waals surface area contributed by atoms with Crippen LogP contribution in [0.25, 0.3) is 0 Å². The van der Waals surface area contributed by atoms with Crippen molar-refractivity contribution in [1.82, 2.24) is 5.32 Å². The van der Waals surface area contributed by atoms with Crippen LogP contribution >= 0.6 is 0 Å².